The molecule has 0 spiro atoms. The normalized spacial score (nSPS) is 12.8. The van der Waals surface area contributed by atoms with E-state index in [1.807, 2.05) is 6.92 Å². The third-order valence-electron chi connectivity index (χ3n) is 2.03. The highest BCUT2D eigenvalue weighted by Crippen LogP contribution is 2.19. The van der Waals surface area contributed by atoms with Gasteiger partial charge in [-0.05, 0) is 31.0 Å². The van der Waals surface area contributed by atoms with Crippen molar-refractivity contribution in [3.05, 3.63) is 34.1 Å². The first-order valence-corrected chi connectivity index (χ1v) is 5.70. The van der Waals surface area contributed by atoms with Gasteiger partial charge in [0.25, 0.3) is 0 Å². The lowest BCUT2D eigenvalue weighted by Gasteiger charge is -2.12. The van der Waals surface area contributed by atoms with Gasteiger partial charge >= 0.3 is 0 Å². The number of ether oxygens (including phenoxy) is 1. The molecule has 1 aromatic rings. The van der Waals surface area contributed by atoms with Crippen LogP contribution in [0.5, 0.6) is 0 Å². The molecule has 0 aliphatic rings. The Morgan fingerprint density at radius 3 is 2.87 bits per heavy atom. The second-order valence-corrected chi connectivity index (χ2v) is 4.21. The molecular formula is C11H15BrFNO. The van der Waals surface area contributed by atoms with Gasteiger partial charge in [0.2, 0.25) is 0 Å². The van der Waals surface area contributed by atoms with Gasteiger partial charge in [0, 0.05) is 17.1 Å². The monoisotopic (exact) mass is 275 g/mol. The van der Waals surface area contributed by atoms with Crippen molar-refractivity contribution < 1.29 is 9.13 Å². The van der Waals surface area contributed by atoms with Crippen LogP contribution in [-0.4, -0.2) is 19.3 Å². The van der Waals surface area contributed by atoms with Gasteiger partial charge in [0.1, 0.15) is 5.82 Å². The van der Waals surface area contributed by atoms with Gasteiger partial charge in [-0.1, -0.05) is 22.0 Å². The highest BCUT2D eigenvalue weighted by Gasteiger charge is 2.07. The molecule has 0 bridgehead atoms. The summed E-state index contributed by atoms with van der Waals surface area (Å²) in [6, 6.07) is 4.58. The van der Waals surface area contributed by atoms with E-state index in [9.17, 15) is 4.39 Å². The number of rotatable bonds is 5. The highest BCUT2D eigenvalue weighted by atomic mass is 79.9. The van der Waals surface area contributed by atoms with Crippen molar-refractivity contribution >= 4 is 15.9 Å². The molecule has 0 aliphatic heterocycles. The van der Waals surface area contributed by atoms with Crippen LogP contribution in [0.1, 0.15) is 12.5 Å². The van der Waals surface area contributed by atoms with Crippen molar-refractivity contribution in [1.29, 1.82) is 0 Å². The summed E-state index contributed by atoms with van der Waals surface area (Å²) in [6.45, 7) is 3.12. The Kier molecular flexibility index (Phi) is 5.22. The van der Waals surface area contributed by atoms with Gasteiger partial charge in [-0.25, -0.2) is 4.39 Å². The van der Waals surface area contributed by atoms with E-state index in [2.05, 4.69) is 15.9 Å². The summed E-state index contributed by atoms with van der Waals surface area (Å²) in [5.74, 6) is -0.246. The van der Waals surface area contributed by atoms with E-state index >= 15 is 0 Å². The first-order chi connectivity index (χ1) is 7.13. The summed E-state index contributed by atoms with van der Waals surface area (Å²) < 4.78 is 18.8. The SMILES string of the molecule is CCOCC(N)Cc1ccc(F)cc1Br. The van der Waals surface area contributed by atoms with Crippen LogP contribution in [-0.2, 0) is 11.2 Å². The number of hydrogen-bond acceptors (Lipinski definition) is 2. The first kappa shape index (κ1) is 12.6. The lowest BCUT2D eigenvalue weighted by atomic mass is 10.1. The van der Waals surface area contributed by atoms with Gasteiger partial charge in [0.15, 0.2) is 0 Å². The van der Waals surface area contributed by atoms with Crippen molar-refractivity contribution in [1.82, 2.24) is 0 Å². The smallest absolute Gasteiger partial charge is 0.124 e. The summed E-state index contributed by atoms with van der Waals surface area (Å²) in [7, 11) is 0. The minimum absolute atomic E-state index is 0.0493. The molecule has 15 heavy (non-hydrogen) atoms. The second-order valence-electron chi connectivity index (χ2n) is 3.36. The Morgan fingerprint density at radius 2 is 2.27 bits per heavy atom. The maximum absolute atomic E-state index is 12.8. The summed E-state index contributed by atoms with van der Waals surface area (Å²) in [5, 5.41) is 0. The van der Waals surface area contributed by atoms with Crippen molar-refractivity contribution in [2.75, 3.05) is 13.2 Å². The van der Waals surface area contributed by atoms with Crippen LogP contribution >= 0.6 is 15.9 Å². The average Bonchev–Trinajstić information content (AvgIpc) is 2.19. The fraction of sp³-hybridized carbons (Fsp3) is 0.455. The Morgan fingerprint density at radius 1 is 1.53 bits per heavy atom. The minimum atomic E-state index is -0.246. The molecule has 0 aromatic heterocycles. The zero-order valence-electron chi connectivity index (χ0n) is 8.67. The largest absolute Gasteiger partial charge is 0.380 e. The maximum Gasteiger partial charge on any atom is 0.124 e. The Hall–Kier alpha value is -0.450. The van der Waals surface area contributed by atoms with E-state index in [4.69, 9.17) is 10.5 Å². The quantitative estimate of drug-likeness (QED) is 0.896. The van der Waals surface area contributed by atoms with Crippen LogP contribution in [0.25, 0.3) is 0 Å². The predicted octanol–water partition coefficient (Wildman–Crippen LogP) is 2.49. The van der Waals surface area contributed by atoms with Gasteiger partial charge in [0.05, 0.1) is 6.61 Å². The first-order valence-electron chi connectivity index (χ1n) is 4.90. The van der Waals surface area contributed by atoms with Crippen LogP contribution in [0.15, 0.2) is 22.7 Å². The fourth-order valence-corrected chi connectivity index (χ4v) is 1.81. The van der Waals surface area contributed by atoms with Gasteiger partial charge in [-0.3, -0.25) is 0 Å². The Bertz CT molecular complexity index is 319. The molecule has 1 rings (SSSR count). The van der Waals surface area contributed by atoms with Crippen LogP contribution in [0.3, 0.4) is 0 Å². The molecule has 1 unspecified atom stereocenters. The molecule has 2 nitrogen and oxygen atoms in total. The molecule has 0 fully saturated rings. The molecule has 1 atom stereocenters. The van der Waals surface area contributed by atoms with E-state index < -0.39 is 0 Å². The molecule has 0 saturated heterocycles. The van der Waals surface area contributed by atoms with E-state index in [1.165, 1.54) is 12.1 Å². The molecule has 0 amide bonds. The molecule has 0 radical (unpaired) electrons. The van der Waals surface area contributed by atoms with Crippen molar-refractivity contribution in [3.8, 4) is 0 Å². The number of nitrogens with two attached hydrogens (primary N) is 1. The molecule has 4 heteroatoms. The van der Waals surface area contributed by atoms with Crippen LogP contribution in [0, 0.1) is 5.82 Å². The predicted molar refractivity (Wildman–Crippen MR) is 62.3 cm³/mol. The van der Waals surface area contributed by atoms with E-state index in [-0.39, 0.29) is 11.9 Å². The molecular weight excluding hydrogens is 261 g/mol. The molecule has 0 saturated carbocycles. The Balaban J connectivity index is 2.56. The lowest BCUT2D eigenvalue weighted by Crippen LogP contribution is -2.28. The minimum Gasteiger partial charge on any atom is -0.380 e. The van der Waals surface area contributed by atoms with Crippen molar-refractivity contribution in [3.63, 3.8) is 0 Å². The summed E-state index contributed by atoms with van der Waals surface area (Å²) >= 11 is 3.31. The molecule has 84 valence electrons. The summed E-state index contributed by atoms with van der Waals surface area (Å²) in [5.41, 5.74) is 6.86. The van der Waals surface area contributed by atoms with E-state index in [0.717, 1.165) is 10.0 Å². The molecule has 0 aliphatic carbocycles. The van der Waals surface area contributed by atoms with Gasteiger partial charge in [-0.2, -0.15) is 0 Å². The highest BCUT2D eigenvalue weighted by molar-refractivity contribution is 9.10. The van der Waals surface area contributed by atoms with E-state index in [0.29, 0.717) is 19.6 Å². The van der Waals surface area contributed by atoms with Crippen molar-refractivity contribution in [2.24, 2.45) is 5.73 Å². The number of benzene rings is 1. The Labute approximate surface area is 97.7 Å². The zero-order chi connectivity index (χ0) is 11.3. The number of halogens is 2. The summed E-state index contributed by atoms with van der Waals surface area (Å²) in [4.78, 5) is 0. The average molecular weight is 276 g/mol. The molecule has 0 heterocycles. The topological polar surface area (TPSA) is 35.2 Å². The third-order valence-corrected chi connectivity index (χ3v) is 2.77. The van der Waals surface area contributed by atoms with Crippen molar-refractivity contribution in [2.45, 2.75) is 19.4 Å². The molecule has 1 aromatic carbocycles. The van der Waals surface area contributed by atoms with Gasteiger partial charge in [-0.15, -0.1) is 0 Å². The molecule has 2 N–H and O–H groups in total. The van der Waals surface area contributed by atoms with Crippen LogP contribution in [0.2, 0.25) is 0 Å². The summed E-state index contributed by atoms with van der Waals surface area (Å²) in [6.07, 6.45) is 0.681. The fourth-order valence-electron chi connectivity index (χ4n) is 1.30. The third kappa shape index (κ3) is 4.28. The zero-order valence-corrected chi connectivity index (χ0v) is 10.3. The standard InChI is InChI=1S/C11H15BrFNO/c1-2-15-7-10(14)5-8-3-4-9(13)6-11(8)12/h3-4,6,10H,2,5,7,14H2,1H3. The maximum atomic E-state index is 12.8. The van der Waals surface area contributed by atoms with Crippen LogP contribution in [0.4, 0.5) is 4.39 Å². The van der Waals surface area contributed by atoms with Crippen LogP contribution < -0.4 is 5.73 Å². The number of hydrogen-bond donors (Lipinski definition) is 1. The second kappa shape index (κ2) is 6.20. The lowest BCUT2D eigenvalue weighted by molar-refractivity contribution is 0.133. The van der Waals surface area contributed by atoms with Gasteiger partial charge < -0.3 is 10.5 Å². The van der Waals surface area contributed by atoms with E-state index in [1.54, 1.807) is 6.07 Å².